The van der Waals surface area contributed by atoms with E-state index in [1.807, 2.05) is 11.3 Å². The van der Waals surface area contributed by atoms with Gasteiger partial charge in [-0.25, -0.2) is 0 Å². The minimum absolute atomic E-state index is 0.161. The standard InChI is InChI=1S/C53H34S/c1-53(2)47-28-32(23-25-37(47)45-29-43-35-15-5-3-13-33(35)34-14-4-6-16-36(34)44(43)30-48(45)53)52-41-20-9-7-18-39(41)51(40-19-8-10-21-42(40)52)31-24-26-50-46(27-31)38-17-11-12-22-49(38)54-50/h3-30H,1-2H3. The molecule has 0 amide bonds. The van der Waals surface area contributed by atoms with Crippen molar-refractivity contribution in [2.45, 2.75) is 19.3 Å². The van der Waals surface area contributed by atoms with Gasteiger partial charge in [-0.15, -0.1) is 11.3 Å². The maximum atomic E-state index is 2.51. The van der Waals surface area contributed by atoms with Crippen LogP contribution in [0.25, 0.3) is 107 Å². The van der Waals surface area contributed by atoms with Crippen LogP contribution in [0.2, 0.25) is 0 Å². The summed E-state index contributed by atoms with van der Waals surface area (Å²) in [5.74, 6) is 0. The van der Waals surface area contributed by atoms with Crippen molar-refractivity contribution >= 4 is 85.4 Å². The summed E-state index contributed by atoms with van der Waals surface area (Å²) >= 11 is 1.88. The first kappa shape index (κ1) is 30.2. The molecule has 0 fully saturated rings. The summed E-state index contributed by atoms with van der Waals surface area (Å²) in [4.78, 5) is 0. The molecule has 1 aromatic heterocycles. The molecule has 0 atom stereocenters. The largest absolute Gasteiger partial charge is 0.135 e. The molecule has 252 valence electrons. The average molecular weight is 703 g/mol. The van der Waals surface area contributed by atoms with Gasteiger partial charge in [0.2, 0.25) is 0 Å². The Bertz CT molecular complexity index is 3350. The van der Waals surface area contributed by atoms with Gasteiger partial charge in [0.25, 0.3) is 0 Å². The molecule has 0 bridgehead atoms. The molecule has 10 aromatic carbocycles. The van der Waals surface area contributed by atoms with Gasteiger partial charge in [-0.2, -0.15) is 0 Å². The van der Waals surface area contributed by atoms with Gasteiger partial charge in [0, 0.05) is 25.6 Å². The van der Waals surface area contributed by atoms with Crippen molar-refractivity contribution < 1.29 is 0 Å². The highest BCUT2D eigenvalue weighted by Gasteiger charge is 2.36. The second kappa shape index (κ2) is 10.9. The lowest BCUT2D eigenvalue weighted by Crippen LogP contribution is -2.15. The minimum atomic E-state index is -0.161. The maximum Gasteiger partial charge on any atom is 0.0355 e. The lowest BCUT2D eigenvalue weighted by Gasteiger charge is -2.23. The lowest BCUT2D eigenvalue weighted by atomic mass is 9.79. The molecule has 0 unspecified atom stereocenters. The molecule has 0 N–H and O–H groups in total. The highest BCUT2D eigenvalue weighted by molar-refractivity contribution is 7.25. The van der Waals surface area contributed by atoms with Gasteiger partial charge < -0.3 is 0 Å². The van der Waals surface area contributed by atoms with E-state index in [4.69, 9.17) is 0 Å². The van der Waals surface area contributed by atoms with Gasteiger partial charge in [-0.05, 0) is 135 Å². The molecular weight excluding hydrogens is 669 g/mol. The molecule has 0 nitrogen and oxygen atoms in total. The zero-order chi connectivity index (χ0) is 35.7. The van der Waals surface area contributed by atoms with E-state index in [0.29, 0.717) is 0 Å². The second-order valence-corrected chi connectivity index (χ2v) is 16.7. The third-order valence-electron chi connectivity index (χ3n) is 12.4. The van der Waals surface area contributed by atoms with Crippen LogP contribution in [0.1, 0.15) is 25.0 Å². The highest BCUT2D eigenvalue weighted by Crippen LogP contribution is 2.53. The predicted molar refractivity (Wildman–Crippen MR) is 235 cm³/mol. The predicted octanol–water partition coefficient (Wildman–Crippen LogP) is 15.5. The van der Waals surface area contributed by atoms with Crippen LogP contribution in [0.15, 0.2) is 170 Å². The fourth-order valence-corrected chi connectivity index (χ4v) is 11.0. The normalized spacial score (nSPS) is 13.5. The van der Waals surface area contributed by atoms with E-state index in [9.17, 15) is 0 Å². The molecule has 12 rings (SSSR count). The number of benzene rings is 10. The summed E-state index contributed by atoms with van der Waals surface area (Å²) in [5, 5.41) is 15.8. The van der Waals surface area contributed by atoms with Gasteiger partial charge in [0.1, 0.15) is 0 Å². The quantitative estimate of drug-likeness (QED) is 0.124. The van der Waals surface area contributed by atoms with Gasteiger partial charge in [-0.1, -0.05) is 147 Å². The fraction of sp³-hybridized carbons (Fsp3) is 0.0566. The maximum absolute atomic E-state index is 2.51. The van der Waals surface area contributed by atoms with E-state index >= 15 is 0 Å². The molecule has 54 heavy (non-hydrogen) atoms. The zero-order valence-corrected chi connectivity index (χ0v) is 30.9. The van der Waals surface area contributed by atoms with Crippen LogP contribution in [-0.2, 0) is 5.41 Å². The van der Waals surface area contributed by atoms with Crippen LogP contribution in [0.4, 0.5) is 0 Å². The molecule has 1 heterocycles. The molecule has 0 radical (unpaired) electrons. The molecule has 0 aliphatic heterocycles. The second-order valence-electron chi connectivity index (χ2n) is 15.6. The first-order valence-electron chi connectivity index (χ1n) is 18.9. The third-order valence-corrected chi connectivity index (χ3v) is 13.6. The van der Waals surface area contributed by atoms with Crippen molar-refractivity contribution in [3.05, 3.63) is 181 Å². The Morgan fingerprint density at radius 3 is 1.33 bits per heavy atom. The molecule has 1 aliphatic rings. The van der Waals surface area contributed by atoms with Crippen molar-refractivity contribution in [1.29, 1.82) is 0 Å². The number of fused-ring (bicyclic) bond motifs is 14. The van der Waals surface area contributed by atoms with E-state index in [1.165, 1.54) is 119 Å². The van der Waals surface area contributed by atoms with Crippen LogP contribution in [-0.4, -0.2) is 0 Å². The Morgan fingerprint density at radius 2 is 0.741 bits per heavy atom. The summed E-state index contributed by atoms with van der Waals surface area (Å²) < 4.78 is 2.67. The van der Waals surface area contributed by atoms with Crippen molar-refractivity contribution in [3.63, 3.8) is 0 Å². The Hall–Kier alpha value is -6.28. The molecular formula is C53H34S. The molecule has 0 saturated heterocycles. The minimum Gasteiger partial charge on any atom is -0.135 e. The van der Waals surface area contributed by atoms with Crippen LogP contribution in [0, 0.1) is 0 Å². The summed E-state index contributed by atoms with van der Waals surface area (Å²) in [6, 6.07) is 64.1. The van der Waals surface area contributed by atoms with Gasteiger partial charge in [0.05, 0.1) is 0 Å². The smallest absolute Gasteiger partial charge is 0.0355 e. The Labute approximate surface area is 317 Å². The monoisotopic (exact) mass is 702 g/mol. The van der Waals surface area contributed by atoms with E-state index in [-0.39, 0.29) is 5.41 Å². The van der Waals surface area contributed by atoms with E-state index in [2.05, 4.69) is 184 Å². The molecule has 0 saturated carbocycles. The van der Waals surface area contributed by atoms with E-state index < -0.39 is 0 Å². The van der Waals surface area contributed by atoms with Crippen molar-refractivity contribution in [3.8, 4) is 33.4 Å². The SMILES string of the molecule is CC1(C)c2cc(-c3c4ccccc4c(-c4ccc5sc6ccccc6c5c4)c4ccccc34)ccc2-c2cc3c4ccccc4c4ccccc4c3cc21. The molecule has 1 heteroatoms. The molecule has 11 aromatic rings. The topological polar surface area (TPSA) is 0 Å². The zero-order valence-electron chi connectivity index (χ0n) is 30.1. The summed E-state index contributed by atoms with van der Waals surface area (Å²) in [6.07, 6.45) is 0. The third kappa shape index (κ3) is 4.03. The van der Waals surface area contributed by atoms with Gasteiger partial charge >= 0.3 is 0 Å². The van der Waals surface area contributed by atoms with Crippen LogP contribution in [0.3, 0.4) is 0 Å². The Balaban J connectivity index is 1.10. The van der Waals surface area contributed by atoms with Gasteiger partial charge in [0.15, 0.2) is 0 Å². The number of rotatable bonds is 2. The first-order chi connectivity index (χ1) is 26.5. The van der Waals surface area contributed by atoms with Gasteiger partial charge in [-0.3, -0.25) is 0 Å². The van der Waals surface area contributed by atoms with E-state index in [0.717, 1.165) is 0 Å². The van der Waals surface area contributed by atoms with Crippen LogP contribution < -0.4 is 0 Å². The summed E-state index contributed by atoms with van der Waals surface area (Å²) in [6.45, 7) is 4.83. The first-order valence-corrected chi connectivity index (χ1v) is 19.7. The Kier molecular flexibility index (Phi) is 6.09. The summed E-state index contributed by atoms with van der Waals surface area (Å²) in [7, 11) is 0. The van der Waals surface area contributed by atoms with Crippen molar-refractivity contribution in [2.75, 3.05) is 0 Å². The molecule has 0 spiro atoms. The van der Waals surface area contributed by atoms with Crippen LogP contribution >= 0.6 is 11.3 Å². The number of hydrogen-bond donors (Lipinski definition) is 0. The summed E-state index contributed by atoms with van der Waals surface area (Å²) in [5.41, 5.74) is 10.5. The number of thiophene rings is 1. The van der Waals surface area contributed by atoms with Crippen molar-refractivity contribution in [1.82, 2.24) is 0 Å². The highest BCUT2D eigenvalue weighted by atomic mass is 32.1. The molecule has 1 aliphatic carbocycles. The van der Waals surface area contributed by atoms with Crippen molar-refractivity contribution in [2.24, 2.45) is 0 Å². The average Bonchev–Trinajstić information content (AvgIpc) is 3.70. The van der Waals surface area contributed by atoms with E-state index in [1.54, 1.807) is 0 Å². The Morgan fingerprint density at radius 1 is 0.315 bits per heavy atom. The fourth-order valence-electron chi connectivity index (χ4n) is 9.92. The lowest BCUT2D eigenvalue weighted by molar-refractivity contribution is 0.661. The number of hydrogen-bond acceptors (Lipinski definition) is 1. The van der Waals surface area contributed by atoms with Crippen LogP contribution in [0.5, 0.6) is 0 Å².